The molecule has 0 amide bonds. The molecule has 0 saturated carbocycles. The van der Waals surface area contributed by atoms with Gasteiger partial charge in [-0.15, -0.1) is 0 Å². The van der Waals surface area contributed by atoms with Gasteiger partial charge in [0, 0.05) is 19.2 Å². The SMILES string of the molecule is CCNc1ccc([N+](=O)[O-])c(NCC(O)CC(C)(C)C)n1. The van der Waals surface area contributed by atoms with E-state index in [2.05, 4.69) is 15.6 Å². The maximum Gasteiger partial charge on any atom is 0.311 e. The first-order valence-corrected chi connectivity index (χ1v) is 7.04. The highest BCUT2D eigenvalue weighted by atomic mass is 16.6. The van der Waals surface area contributed by atoms with Crippen molar-refractivity contribution in [3.63, 3.8) is 0 Å². The third-order valence-corrected chi connectivity index (χ3v) is 2.78. The summed E-state index contributed by atoms with van der Waals surface area (Å²) in [5, 5.41) is 26.9. The van der Waals surface area contributed by atoms with Crippen LogP contribution in [0.3, 0.4) is 0 Å². The molecule has 1 heterocycles. The smallest absolute Gasteiger partial charge is 0.311 e. The van der Waals surface area contributed by atoms with E-state index in [0.717, 1.165) is 0 Å². The molecule has 0 aliphatic heterocycles. The van der Waals surface area contributed by atoms with Crippen LogP contribution < -0.4 is 10.6 Å². The highest BCUT2D eigenvalue weighted by Gasteiger charge is 2.20. The molecule has 21 heavy (non-hydrogen) atoms. The number of nitro groups is 1. The van der Waals surface area contributed by atoms with Gasteiger partial charge in [-0.05, 0) is 24.8 Å². The van der Waals surface area contributed by atoms with Crippen LogP contribution in [0.2, 0.25) is 0 Å². The lowest BCUT2D eigenvalue weighted by molar-refractivity contribution is -0.384. The number of pyridine rings is 1. The molecule has 0 aliphatic rings. The van der Waals surface area contributed by atoms with Gasteiger partial charge in [0.15, 0.2) is 0 Å². The average molecular weight is 296 g/mol. The molecule has 1 aromatic rings. The fourth-order valence-electron chi connectivity index (χ4n) is 2.00. The minimum Gasteiger partial charge on any atom is -0.391 e. The van der Waals surface area contributed by atoms with Crippen molar-refractivity contribution >= 4 is 17.3 Å². The lowest BCUT2D eigenvalue weighted by Crippen LogP contribution is -2.25. The Hall–Kier alpha value is -1.89. The van der Waals surface area contributed by atoms with Crippen LogP contribution >= 0.6 is 0 Å². The molecule has 0 bridgehead atoms. The average Bonchev–Trinajstić information content (AvgIpc) is 2.34. The normalized spacial score (nSPS) is 12.8. The summed E-state index contributed by atoms with van der Waals surface area (Å²) in [5.41, 5.74) is -0.105. The number of anilines is 2. The van der Waals surface area contributed by atoms with E-state index in [0.29, 0.717) is 18.8 Å². The molecule has 3 N–H and O–H groups in total. The molecular formula is C14H24N4O3. The van der Waals surface area contributed by atoms with E-state index in [1.165, 1.54) is 6.07 Å². The fourth-order valence-corrected chi connectivity index (χ4v) is 2.00. The maximum absolute atomic E-state index is 11.0. The Kier molecular flexibility index (Phi) is 5.90. The van der Waals surface area contributed by atoms with E-state index in [1.54, 1.807) is 6.07 Å². The van der Waals surface area contributed by atoms with Crippen molar-refractivity contribution in [3.05, 3.63) is 22.2 Å². The molecule has 0 aromatic carbocycles. The molecule has 0 fully saturated rings. The summed E-state index contributed by atoms with van der Waals surface area (Å²) in [6, 6.07) is 2.97. The van der Waals surface area contributed by atoms with Gasteiger partial charge in [0.2, 0.25) is 5.82 Å². The second kappa shape index (κ2) is 7.21. The van der Waals surface area contributed by atoms with Gasteiger partial charge in [-0.2, -0.15) is 0 Å². The molecule has 1 rings (SSSR count). The van der Waals surface area contributed by atoms with Crippen molar-refractivity contribution in [3.8, 4) is 0 Å². The predicted octanol–water partition coefficient (Wildman–Crippen LogP) is 2.63. The number of nitrogens with zero attached hydrogens (tertiary/aromatic N) is 2. The largest absolute Gasteiger partial charge is 0.391 e. The molecule has 0 radical (unpaired) electrons. The molecular weight excluding hydrogens is 272 g/mol. The number of rotatable bonds is 7. The number of nitrogens with one attached hydrogen (secondary N) is 2. The number of hydrogen-bond donors (Lipinski definition) is 3. The summed E-state index contributed by atoms with van der Waals surface area (Å²) in [5.74, 6) is 0.738. The summed E-state index contributed by atoms with van der Waals surface area (Å²) in [7, 11) is 0. The molecule has 118 valence electrons. The van der Waals surface area contributed by atoms with Crippen LogP contribution in [0.25, 0.3) is 0 Å². The lowest BCUT2D eigenvalue weighted by atomic mass is 9.89. The minimum absolute atomic E-state index is 0.00786. The van der Waals surface area contributed by atoms with Crippen LogP contribution in [-0.2, 0) is 0 Å². The number of aromatic nitrogens is 1. The van der Waals surface area contributed by atoms with E-state index >= 15 is 0 Å². The predicted molar refractivity (Wildman–Crippen MR) is 83.6 cm³/mol. The van der Waals surface area contributed by atoms with Gasteiger partial charge >= 0.3 is 5.69 Å². The van der Waals surface area contributed by atoms with Crippen LogP contribution in [0.15, 0.2) is 12.1 Å². The first kappa shape index (κ1) is 17.2. The second-order valence-electron chi connectivity index (χ2n) is 6.15. The van der Waals surface area contributed by atoms with Gasteiger partial charge in [0.1, 0.15) is 5.82 Å². The molecule has 0 aliphatic carbocycles. The molecule has 7 heteroatoms. The van der Waals surface area contributed by atoms with Crippen LogP contribution in [-0.4, -0.2) is 34.2 Å². The van der Waals surface area contributed by atoms with E-state index in [9.17, 15) is 15.2 Å². The standard InChI is InChI=1S/C14H24N4O3/c1-5-15-12-7-6-11(18(20)21)13(17-12)16-9-10(19)8-14(2,3)4/h6-7,10,19H,5,8-9H2,1-4H3,(H2,15,16,17). The lowest BCUT2D eigenvalue weighted by Gasteiger charge is -2.22. The molecule has 1 unspecified atom stereocenters. The van der Waals surface area contributed by atoms with Crippen molar-refractivity contribution < 1.29 is 10.0 Å². The summed E-state index contributed by atoms with van der Waals surface area (Å²) < 4.78 is 0. The quantitative estimate of drug-likeness (QED) is 0.528. The Balaban J connectivity index is 2.79. The first-order valence-electron chi connectivity index (χ1n) is 7.04. The molecule has 0 saturated heterocycles. The molecule has 1 aromatic heterocycles. The van der Waals surface area contributed by atoms with Crippen LogP contribution in [0.1, 0.15) is 34.1 Å². The van der Waals surface area contributed by atoms with Crippen LogP contribution in [0.5, 0.6) is 0 Å². The summed E-state index contributed by atoms with van der Waals surface area (Å²) in [6.07, 6.45) is 0.00921. The first-order chi connectivity index (χ1) is 9.73. The van der Waals surface area contributed by atoms with Crippen molar-refractivity contribution in [2.24, 2.45) is 5.41 Å². The van der Waals surface area contributed by atoms with Crippen molar-refractivity contribution in [2.75, 3.05) is 23.7 Å². The van der Waals surface area contributed by atoms with Gasteiger partial charge in [0.25, 0.3) is 0 Å². The van der Waals surface area contributed by atoms with Gasteiger partial charge in [-0.3, -0.25) is 10.1 Å². The topological polar surface area (TPSA) is 100 Å². The van der Waals surface area contributed by atoms with E-state index in [4.69, 9.17) is 0 Å². The Morgan fingerprint density at radius 2 is 2.05 bits per heavy atom. The van der Waals surface area contributed by atoms with E-state index in [1.807, 2.05) is 27.7 Å². The van der Waals surface area contributed by atoms with Crippen LogP contribution in [0, 0.1) is 15.5 Å². The molecule has 0 spiro atoms. The number of hydrogen-bond acceptors (Lipinski definition) is 6. The zero-order valence-electron chi connectivity index (χ0n) is 13.0. The molecule has 7 nitrogen and oxygen atoms in total. The van der Waals surface area contributed by atoms with Gasteiger partial charge in [-0.25, -0.2) is 4.98 Å². The summed E-state index contributed by atoms with van der Waals surface area (Å²) >= 11 is 0. The van der Waals surface area contributed by atoms with E-state index in [-0.39, 0.29) is 23.5 Å². The fraction of sp³-hybridized carbons (Fsp3) is 0.643. The van der Waals surface area contributed by atoms with Crippen molar-refractivity contribution in [1.82, 2.24) is 4.98 Å². The Morgan fingerprint density at radius 1 is 1.38 bits per heavy atom. The van der Waals surface area contributed by atoms with E-state index < -0.39 is 11.0 Å². The number of aliphatic hydroxyl groups excluding tert-OH is 1. The third-order valence-electron chi connectivity index (χ3n) is 2.78. The zero-order chi connectivity index (χ0) is 16.0. The van der Waals surface area contributed by atoms with Gasteiger partial charge in [0.05, 0.1) is 11.0 Å². The minimum atomic E-state index is -0.589. The second-order valence-corrected chi connectivity index (χ2v) is 6.15. The Morgan fingerprint density at radius 3 is 2.57 bits per heavy atom. The number of aliphatic hydroxyl groups is 1. The molecule has 1 atom stereocenters. The van der Waals surface area contributed by atoms with Gasteiger partial charge < -0.3 is 15.7 Å². The maximum atomic E-state index is 11.0. The Labute approximate surface area is 124 Å². The Bertz CT molecular complexity index is 486. The monoisotopic (exact) mass is 296 g/mol. The third kappa shape index (κ3) is 5.95. The highest BCUT2D eigenvalue weighted by molar-refractivity contribution is 5.60. The van der Waals surface area contributed by atoms with Crippen LogP contribution in [0.4, 0.5) is 17.3 Å². The summed E-state index contributed by atoms with van der Waals surface area (Å²) in [4.78, 5) is 14.7. The van der Waals surface area contributed by atoms with Gasteiger partial charge in [-0.1, -0.05) is 20.8 Å². The zero-order valence-corrected chi connectivity index (χ0v) is 13.0. The van der Waals surface area contributed by atoms with Crippen molar-refractivity contribution in [2.45, 2.75) is 40.2 Å². The summed E-state index contributed by atoms with van der Waals surface area (Å²) in [6.45, 7) is 8.91. The highest BCUT2D eigenvalue weighted by Crippen LogP contribution is 2.25. The van der Waals surface area contributed by atoms with Crippen molar-refractivity contribution in [1.29, 1.82) is 0 Å².